The van der Waals surface area contributed by atoms with Gasteiger partial charge in [-0.3, -0.25) is 0 Å². The van der Waals surface area contributed by atoms with Gasteiger partial charge in [-0.05, 0) is 20.1 Å². The second-order valence-corrected chi connectivity index (χ2v) is 3.56. The Balaban J connectivity index is 2.94. The molecule has 2 N–H and O–H groups in total. The van der Waals surface area contributed by atoms with E-state index in [0.29, 0.717) is 11.6 Å². The van der Waals surface area contributed by atoms with Gasteiger partial charge in [0.2, 0.25) is 5.88 Å². The van der Waals surface area contributed by atoms with Crippen LogP contribution in [0.3, 0.4) is 0 Å². The highest BCUT2D eigenvalue weighted by Gasteiger charge is 2.08. The van der Waals surface area contributed by atoms with Crippen LogP contribution in [-0.2, 0) is 0 Å². The van der Waals surface area contributed by atoms with Crippen molar-refractivity contribution in [2.75, 3.05) is 12.0 Å². The smallest absolute Gasteiger partial charge is 0.241 e. The summed E-state index contributed by atoms with van der Waals surface area (Å²) >= 11 is 1.48. The van der Waals surface area contributed by atoms with Crippen LogP contribution in [0, 0.1) is 0 Å². The van der Waals surface area contributed by atoms with Crippen molar-refractivity contribution in [3.63, 3.8) is 0 Å². The molecule has 0 saturated carbocycles. The minimum Gasteiger partial charge on any atom is -0.473 e. The molecule has 0 unspecified atom stereocenters. The van der Waals surface area contributed by atoms with E-state index in [0.717, 1.165) is 5.03 Å². The van der Waals surface area contributed by atoms with Crippen LogP contribution in [0.15, 0.2) is 11.4 Å². The maximum Gasteiger partial charge on any atom is 0.241 e. The number of ether oxygens (including phenoxy) is 1. The van der Waals surface area contributed by atoms with Gasteiger partial charge in [-0.25, -0.2) is 4.98 Å². The van der Waals surface area contributed by atoms with Gasteiger partial charge >= 0.3 is 0 Å². The quantitative estimate of drug-likeness (QED) is 0.591. The Hall–Kier alpha value is -0.970. The number of thioether (sulfide) groups is 1. The van der Waals surface area contributed by atoms with Gasteiger partial charge in [-0.1, -0.05) is 0 Å². The van der Waals surface area contributed by atoms with Gasteiger partial charge in [-0.2, -0.15) is 4.98 Å². The highest BCUT2D eigenvalue weighted by atomic mass is 32.2. The molecule has 0 amide bonds. The zero-order valence-corrected chi connectivity index (χ0v) is 8.76. The minimum atomic E-state index is 0.0758. The molecule has 0 aliphatic carbocycles. The molecule has 0 spiro atoms. The molecule has 13 heavy (non-hydrogen) atoms. The third kappa shape index (κ3) is 2.48. The van der Waals surface area contributed by atoms with E-state index < -0.39 is 0 Å². The average Bonchev–Trinajstić information content (AvgIpc) is 2.08. The van der Waals surface area contributed by atoms with Crippen molar-refractivity contribution in [2.45, 2.75) is 25.0 Å². The molecule has 0 aromatic carbocycles. The number of anilines is 1. The molecular weight excluding hydrogens is 186 g/mol. The Labute approximate surface area is 81.9 Å². The first-order valence-electron chi connectivity index (χ1n) is 3.96. The summed E-state index contributed by atoms with van der Waals surface area (Å²) in [5.74, 6) is 0.467. The number of nitrogens with zero attached hydrogens (tertiary/aromatic N) is 2. The Morgan fingerprint density at radius 1 is 1.46 bits per heavy atom. The van der Waals surface area contributed by atoms with Crippen LogP contribution in [0.4, 0.5) is 5.69 Å². The molecule has 0 fully saturated rings. The molecule has 72 valence electrons. The van der Waals surface area contributed by atoms with Crippen molar-refractivity contribution in [3.05, 3.63) is 6.33 Å². The first kappa shape index (κ1) is 10.1. The lowest BCUT2D eigenvalue weighted by atomic mass is 10.4. The first-order valence-corrected chi connectivity index (χ1v) is 5.18. The van der Waals surface area contributed by atoms with Gasteiger partial charge in [0.05, 0.1) is 6.10 Å². The van der Waals surface area contributed by atoms with Crippen LogP contribution < -0.4 is 10.5 Å². The molecule has 0 radical (unpaired) electrons. The summed E-state index contributed by atoms with van der Waals surface area (Å²) in [5, 5.41) is 0.755. The maximum absolute atomic E-state index is 5.77. The van der Waals surface area contributed by atoms with E-state index in [1.807, 2.05) is 20.1 Å². The van der Waals surface area contributed by atoms with Gasteiger partial charge < -0.3 is 10.5 Å². The highest BCUT2D eigenvalue weighted by Crippen LogP contribution is 2.27. The van der Waals surface area contributed by atoms with Crippen molar-refractivity contribution < 1.29 is 4.74 Å². The van der Waals surface area contributed by atoms with Crippen LogP contribution in [-0.4, -0.2) is 22.3 Å². The zero-order valence-electron chi connectivity index (χ0n) is 7.94. The predicted molar refractivity (Wildman–Crippen MR) is 54.0 cm³/mol. The summed E-state index contributed by atoms with van der Waals surface area (Å²) in [5.41, 5.74) is 6.29. The number of hydrogen-bond acceptors (Lipinski definition) is 5. The van der Waals surface area contributed by atoms with Gasteiger partial charge in [-0.15, -0.1) is 11.8 Å². The molecule has 0 aliphatic heterocycles. The highest BCUT2D eigenvalue weighted by molar-refractivity contribution is 7.98. The van der Waals surface area contributed by atoms with Crippen molar-refractivity contribution >= 4 is 17.4 Å². The number of nitrogens with two attached hydrogens (primary N) is 1. The summed E-state index contributed by atoms with van der Waals surface area (Å²) in [6, 6.07) is 0. The second kappa shape index (κ2) is 4.32. The van der Waals surface area contributed by atoms with Gasteiger partial charge in [0.25, 0.3) is 0 Å². The summed E-state index contributed by atoms with van der Waals surface area (Å²) in [7, 11) is 0. The Bertz CT molecular complexity index is 291. The summed E-state index contributed by atoms with van der Waals surface area (Å²) in [6.07, 6.45) is 3.45. The van der Waals surface area contributed by atoms with Gasteiger partial charge in [0.1, 0.15) is 17.0 Å². The molecule has 1 aromatic rings. The van der Waals surface area contributed by atoms with E-state index in [-0.39, 0.29) is 6.10 Å². The predicted octanol–water partition coefficient (Wildman–Crippen LogP) is 1.57. The molecular formula is C8H13N3OS. The Morgan fingerprint density at radius 2 is 2.15 bits per heavy atom. The lowest BCUT2D eigenvalue weighted by molar-refractivity contribution is 0.233. The largest absolute Gasteiger partial charge is 0.473 e. The van der Waals surface area contributed by atoms with Crippen LogP contribution in [0.1, 0.15) is 13.8 Å². The van der Waals surface area contributed by atoms with E-state index >= 15 is 0 Å². The maximum atomic E-state index is 5.77. The van der Waals surface area contributed by atoms with E-state index in [2.05, 4.69) is 9.97 Å². The standard InChI is InChI=1S/C8H13N3OS/c1-5(2)12-7-6(9)8(13-3)11-4-10-7/h4-5H,9H2,1-3H3. The number of rotatable bonds is 3. The van der Waals surface area contributed by atoms with Crippen LogP contribution in [0.5, 0.6) is 5.88 Å². The van der Waals surface area contributed by atoms with Crippen LogP contribution in [0.2, 0.25) is 0 Å². The fourth-order valence-electron chi connectivity index (χ4n) is 0.844. The second-order valence-electron chi connectivity index (χ2n) is 2.77. The van der Waals surface area contributed by atoms with E-state index in [9.17, 15) is 0 Å². The van der Waals surface area contributed by atoms with Crippen LogP contribution in [0.25, 0.3) is 0 Å². The van der Waals surface area contributed by atoms with Crippen molar-refractivity contribution in [1.82, 2.24) is 9.97 Å². The van der Waals surface area contributed by atoms with Crippen molar-refractivity contribution in [3.8, 4) is 5.88 Å². The molecule has 1 aromatic heterocycles. The third-order valence-electron chi connectivity index (χ3n) is 1.35. The lowest BCUT2D eigenvalue weighted by Gasteiger charge is -2.11. The molecule has 0 saturated heterocycles. The van der Waals surface area contributed by atoms with Crippen molar-refractivity contribution in [2.24, 2.45) is 0 Å². The molecule has 4 nitrogen and oxygen atoms in total. The van der Waals surface area contributed by atoms with Crippen LogP contribution >= 0.6 is 11.8 Å². The Kier molecular flexibility index (Phi) is 3.36. The molecule has 1 heterocycles. The third-order valence-corrected chi connectivity index (χ3v) is 2.06. The minimum absolute atomic E-state index is 0.0758. The summed E-state index contributed by atoms with van der Waals surface area (Å²) in [4.78, 5) is 7.97. The van der Waals surface area contributed by atoms with E-state index in [4.69, 9.17) is 10.5 Å². The van der Waals surface area contributed by atoms with E-state index in [1.54, 1.807) is 0 Å². The monoisotopic (exact) mass is 199 g/mol. The number of nitrogen functional groups attached to an aromatic ring is 1. The molecule has 0 bridgehead atoms. The number of hydrogen-bond donors (Lipinski definition) is 1. The number of aromatic nitrogens is 2. The average molecular weight is 199 g/mol. The SMILES string of the molecule is CSc1ncnc(OC(C)C)c1N. The molecule has 0 atom stereocenters. The fourth-order valence-corrected chi connectivity index (χ4v) is 1.30. The van der Waals surface area contributed by atoms with E-state index in [1.165, 1.54) is 18.1 Å². The topological polar surface area (TPSA) is 61.0 Å². The van der Waals surface area contributed by atoms with Gasteiger partial charge in [0, 0.05) is 0 Å². The summed E-state index contributed by atoms with van der Waals surface area (Å²) < 4.78 is 5.40. The van der Waals surface area contributed by atoms with Crippen molar-refractivity contribution in [1.29, 1.82) is 0 Å². The fraction of sp³-hybridized carbons (Fsp3) is 0.500. The first-order chi connectivity index (χ1) is 6.15. The molecule has 1 rings (SSSR count). The lowest BCUT2D eigenvalue weighted by Crippen LogP contribution is -2.09. The molecule has 0 aliphatic rings. The van der Waals surface area contributed by atoms with Gasteiger partial charge in [0.15, 0.2) is 0 Å². The Morgan fingerprint density at radius 3 is 2.69 bits per heavy atom. The normalized spacial score (nSPS) is 10.5. The zero-order chi connectivity index (χ0) is 9.84. The molecule has 5 heteroatoms. The summed E-state index contributed by atoms with van der Waals surface area (Å²) in [6.45, 7) is 3.86.